The average Bonchev–Trinajstić information content (AvgIpc) is 2.96. The van der Waals surface area contributed by atoms with Gasteiger partial charge in [0.25, 0.3) is 0 Å². The van der Waals surface area contributed by atoms with Gasteiger partial charge in [0.15, 0.2) is 0 Å². The van der Waals surface area contributed by atoms with Gasteiger partial charge in [-0.25, -0.2) is 0 Å². The number of carbonyl (C=O) groups excluding carboxylic acids is 1. The van der Waals surface area contributed by atoms with E-state index in [0.717, 1.165) is 44.9 Å². The van der Waals surface area contributed by atoms with Crippen LogP contribution in [0.3, 0.4) is 0 Å². The van der Waals surface area contributed by atoms with Crippen molar-refractivity contribution >= 4 is 5.91 Å². The van der Waals surface area contributed by atoms with Gasteiger partial charge in [-0.1, -0.05) is 6.92 Å². The number of hydrogen-bond donors (Lipinski definition) is 1. The maximum absolute atomic E-state index is 13.2. The Morgan fingerprint density at radius 1 is 0.962 bits per heavy atom. The molecule has 0 aromatic rings. The normalized spacial score (nSPS) is 48.3. The third kappa shape index (κ3) is 2.79. The summed E-state index contributed by atoms with van der Waals surface area (Å²) < 4.78 is 39.5. The molecule has 0 bridgehead atoms. The number of rotatable bonds is 1. The third-order valence-electron chi connectivity index (χ3n) is 8.98. The van der Waals surface area contributed by atoms with Crippen LogP contribution in [0.25, 0.3) is 0 Å². The van der Waals surface area contributed by atoms with Gasteiger partial charge in [0.05, 0.1) is 5.92 Å². The van der Waals surface area contributed by atoms with Crippen LogP contribution in [0.15, 0.2) is 0 Å². The topological polar surface area (TPSA) is 29.1 Å². The van der Waals surface area contributed by atoms with E-state index in [2.05, 4.69) is 12.2 Å². The summed E-state index contributed by atoms with van der Waals surface area (Å²) >= 11 is 0. The van der Waals surface area contributed by atoms with Gasteiger partial charge in [0, 0.05) is 13.0 Å². The van der Waals surface area contributed by atoms with Crippen LogP contribution in [0, 0.1) is 46.8 Å². The summed E-state index contributed by atoms with van der Waals surface area (Å²) in [6, 6.07) is 0. The van der Waals surface area contributed by atoms with E-state index in [1.54, 1.807) is 7.05 Å². The van der Waals surface area contributed by atoms with E-state index >= 15 is 0 Å². The highest BCUT2D eigenvalue weighted by molar-refractivity contribution is 5.79. The van der Waals surface area contributed by atoms with Crippen molar-refractivity contribution in [3.05, 3.63) is 0 Å². The Morgan fingerprint density at radius 2 is 1.69 bits per heavy atom. The Morgan fingerprint density at radius 3 is 2.38 bits per heavy atom. The highest BCUT2D eigenvalue weighted by Crippen LogP contribution is 2.64. The molecule has 0 aliphatic heterocycles. The second-order valence-electron chi connectivity index (χ2n) is 9.78. The molecule has 0 heterocycles. The Kier molecular flexibility index (Phi) is 4.59. The maximum Gasteiger partial charge on any atom is 0.391 e. The van der Waals surface area contributed by atoms with Crippen molar-refractivity contribution in [2.24, 2.45) is 46.8 Å². The van der Waals surface area contributed by atoms with E-state index in [9.17, 15) is 18.0 Å². The summed E-state index contributed by atoms with van der Waals surface area (Å²) in [5.74, 6) is 1.83. The van der Waals surface area contributed by atoms with Gasteiger partial charge in [-0.05, 0) is 92.8 Å². The van der Waals surface area contributed by atoms with Gasteiger partial charge in [-0.15, -0.1) is 0 Å². The van der Waals surface area contributed by atoms with E-state index in [1.165, 1.54) is 0 Å². The molecule has 0 aromatic carbocycles. The molecule has 1 N–H and O–H groups in total. The SMILES string of the molecule is CNC(=O)C1CCC2C3CCC4CC(C(F)(F)F)CCC4C3CCC12C. The smallest absolute Gasteiger partial charge is 0.359 e. The first kappa shape index (κ1) is 18.6. The average molecular weight is 371 g/mol. The lowest BCUT2D eigenvalue weighted by atomic mass is 9.49. The van der Waals surface area contributed by atoms with Crippen LogP contribution >= 0.6 is 0 Å². The second-order valence-corrected chi connectivity index (χ2v) is 9.78. The first-order valence-corrected chi connectivity index (χ1v) is 10.5. The maximum atomic E-state index is 13.2. The van der Waals surface area contributed by atoms with Crippen LogP contribution in [0.2, 0.25) is 0 Å². The van der Waals surface area contributed by atoms with Crippen LogP contribution in [0.5, 0.6) is 0 Å². The fourth-order valence-corrected chi connectivity index (χ4v) is 7.76. The van der Waals surface area contributed by atoms with Crippen molar-refractivity contribution in [3.63, 3.8) is 0 Å². The van der Waals surface area contributed by atoms with Gasteiger partial charge in [-0.2, -0.15) is 13.2 Å². The van der Waals surface area contributed by atoms with Gasteiger partial charge in [0.1, 0.15) is 0 Å². The Hall–Kier alpha value is -0.740. The number of amides is 1. The van der Waals surface area contributed by atoms with Gasteiger partial charge in [0.2, 0.25) is 5.91 Å². The van der Waals surface area contributed by atoms with Gasteiger partial charge in [-0.3, -0.25) is 4.79 Å². The standard InChI is InChI=1S/C21H32F3NO/c1-20-10-9-15-14-6-4-13(21(22,23)24)11-12(14)3-5-16(15)17(20)7-8-18(20)19(26)25-2/h12-18H,3-11H2,1-2H3,(H,25,26). The highest BCUT2D eigenvalue weighted by Gasteiger charge is 2.59. The van der Waals surface area contributed by atoms with E-state index in [-0.39, 0.29) is 23.2 Å². The first-order chi connectivity index (χ1) is 12.3. The molecular formula is C21H32F3NO. The van der Waals surface area contributed by atoms with Crippen LogP contribution in [-0.4, -0.2) is 19.1 Å². The largest absolute Gasteiger partial charge is 0.391 e. The fraction of sp³-hybridized carbons (Fsp3) is 0.952. The molecular weight excluding hydrogens is 339 g/mol. The van der Waals surface area contributed by atoms with Crippen molar-refractivity contribution in [2.75, 3.05) is 7.05 Å². The minimum atomic E-state index is -4.01. The van der Waals surface area contributed by atoms with Crippen molar-refractivity contribution in [1.29, 1.82) is 0 Å². The van der Waals surface area contributed by atoms with Crippen molar-refractivity contribution in [1.82, 2.24) is 5.32 Å². The van der Waals surface area contributed by atoms with Gasteiger partial charge < -0.3 is 5.32 Å². The Bertz CT molecular complexity index is 562. The molecule has 0 aromatic heterocycles. The molecule has 0 radical (unpaired) electrons. The molecule has 2 nitrogen and oxygen atoms in total. The number of nitrogens with one attached hydrogen (secondary N) is 1. The third-order valence-corrected chi connectivity index (χ3v) is 8.98. The van der Waals surface area contributed by atoms with Crippen LogP contribution < -0.4 is 5.32 Å². The summed E-state index contributed by atoms with van der Waals surface area (Å²) in [4.78, 5) is 12.4. The van der Waals surface area contributed by atoms with E-state index in [4.69, 9.17) is 0 Å². The predicted molar refractivity (Wildman–Crippen MR) is 94.2 cm³/mol. The van der Waals surface area contributed by atoms with Crippen molar-refractivity contribution in [3.8, 4) is 0 Å². The van der Waals surface area contributed by atoms with E-state index < -0.39 is 12.1 Å². The lowest BCUT2D eigenvalue weighted by Gasteiger charge is -2.56. The molecule has 8 unspecified atom stereocenters. The fourth-order valence-electron chi connectivity index (χ4n) is 7.76. The Labute approximate surface area is 154 Å². The molecule has 0 spiro atoms. The predicted octanol–water partition coefficient (Wildman–Crippen LogP) is 5.18. The van der Waals surface area contributed by atoms with Crippen molar-refractivity contribution in [2.45, 2.75) is 70.9 Å². The van der Waals surface area contributed by atoms with Gasteiger partial charge >= 0.3 is 6.18 Å². The summed E-state index contributed by atoms with van der Waals surface area (Å²) in [6.07, 6.45) is 3.78. The van der Waals surface area contributed by atoms with Crippen molar-refractivity contribution < 1.29 is 18.0 Å². The zero-order valence-electron chi connectivity index (χ0n) is 15.9. The van der Waals surface area contributed by atoms with Crippen LogP contribution in [-0.2, 0) is 4.79 Å². The summed E-state index contributed by atoms with van der Waals surface area (Å²) in [5.41, 5.74) is 0.0945. The number of carbonyl (C=O) groups is 1. The summed E-state index contributed by atoms with van der Waals surface area (Å²) in [7, 11) is 1.73. The minimum absolute atomic E-state index is 0.0945. The van der Waals surface area contributed by atoms with Crippen LogP contribution in [0.1, 0.15) is 64.7 Å². The number of fused-ring (bicyclic) bond motifs is 5. The zero-order valence-corrected chi connectivity index (χ0v) is 15.9. The Balaban J connectivity index is 1.50. The molecule has 148 valence electrons. The number of halogens is 3. The molecule has 8 atom stereocenters. The monoisotopic (exact) mass is 371 g/mol. The highest BCUT2D eigenvalue weighted by atomic mass is 19.4. The quantitative estimate of drug-likeness (QED) is 0.676. The molecule has 1 amide bonds. The van der Waals surface area contributed by atoms with Crippen LogP contribution in [0.4, 0.5) is 13.2 Å². The molecule has 4 rings (SSSR count). The zero-order chi connectivity index (χ0) is 18.7. The molecule has 4 aliphatic carbocycles. The number of alkyl halides is 3. The van der Waals surface area contributed by atoms with E-state index in [0.29, 0.717) is 36.5 Å². The second kappa shape index (κ2) is 6.41. The first-order valence-electron chi connectivity index (χ1n) is 10.5. The molecule has 4 fully saturated rings. The van der Waals surface area contributed by atoms with E-state index in [1.807, 2.05) is 0 Å². The molecule has 5 heteroatoms. The summed E-state index contributed by atoms with van der Waals surface area (Å²) in [6.45, 7) is 2.31. The molecule has 4 aliphatic rings. The lowest BCUT2D eigenvalue weighted by molar-refractivity contribution is -0.196. The summed E-state index contributed by atoms with van der Waals surface area (Å²) in [5, 5.41) is 2.86. The molecule has 0 saturated heterocycles. The molecule has 4 saturated carbocycles. The number of hydrogen-bond acceptors (Lipinski definition) is 1. The lowest BCUT2D eigenvalue weighted by Crippen LogP contribution is -2.50. The minimum Gasteiger partial charge on any atom is -0.359 e. The molecule has 26 heavy (non-hydrogen) atoms.